The van der Waals surface area contributed by atoms with E-state index >= 15 is 0 Å². The van der Waals surface area contributed by atoms with Crippen LogP contribution in [0.1, 0.15) is 34.9 Å². The Morgan fingerprint density at radius 1 is 1.35 bits per heavy atom. The van der Waals surface area contributed by atoms with Gasteiger partial charge in [-0.3, -0.25) is 9.89 Å². The van der Waals surface area contributed by atoms with Gasteiger partial charge >= 0.3 is 6.61 Å². The van der Waals surface area contributed by atoms with E-state index in [4.69, 9.17) is 4.74 Å². The number of methoxy groups -OCH3 is 1. The molecule has 0 unspecified atom stereocenters. The van der Waals surface area contributed by atoms with Gasteiger partial charge in [-0.1, -0.05) is 0 Å². The SMILES string of the molecule is COc1ccc(NC(=O)c2cc(C3CC3)[nH]n2)cc1OC(F)F. The number of carbonyl (C=O) groups excluding carboxylic acids is 1. The minimum Gasteiger partial charge on any atom is -0.493 e. The second-order valence-corrected chi connectivity index (χ2v) is 5.18. The summed E-state index contributed by atoms with van der Waals surface area (Å²) in [5.41, 5.74) is 1.49. The van der Waals surface area contributed by atoms with E-state index in [9.17, 15) is 13.6 Å². The van der Waals surface area contributed by atoms with Gasteiger partial charge in [0.05, 0.1) is 7.11 Å². The summed E-state index contributed by atoms with van der Waals surface area (Å²) in [4.78, 5) is 12.1. The lowest BCUT2D eigenvalue weighted by Crippen LogP contribution is -2.13. The van der Waals surface area contributed by atoms with Crippen molar-refractivity contribution in [1.29, 1.82) is 0 Å². The molecule has 0 saturated heterocycles. The van der Waals surface area contributed by atoms with Crippen LogP contribution >= 0.6 is 0 Å². The Balaban J connectivity index is 1.74. The Morgan fingerprint density at radius 3 is 2.78 bits per heavy atom. The minimum absolute atomic E-state index is 0.152. The fourth-order valence-corrected chi connectivity index (χ4v) is 2.19. The van der Waals surface area contributed by atoms with Crippen molar-refractivity contribution in [2.75, 3.05) is 12.4 Å². The second-order valence-electron chi connectivity index (χ2n) is 5.18. The van der Waals surface area contributed by atoms with Gasteiger partial charge in [0.15, 0.2) is 17.2 Å². The van der Waals surface area contributed by atoms with Crippen LogP contribution in [0.15, 0.2) is 24.3 Å². The number of aromatic nitrogens is 2. The number of H-pyrrole nitrogens is 1. The summed E-state index contributed by atoms with van der Waals surface area (Å²) in [6.07, 6.45) is 2.19. The van der Waals surface area contributed by atoms with E-state index in [1.165, 1.54) is 25.3 Å². The number of rotatable bonds is 6. The molecule has 2 N–H and O–H groups in total. The van der Waals surface area contributed by atoms with Crippen LogP contribution in [0.4, 0.5) is 14.5 Å². The van der Waals surface area contributed by atoms with Crippen LogP contribution in [0.2, 0.25) is 0 Å². The number of hydrogen-bond donors (Lipinski definition) is 2. The van der Waals surface area contributed by atoms with E-state index < -0.39 is 12.5 Å². The van der Waals surface area contributed by atoms with Crippen molar-refractivity contribution in [3.8, 4) is 11.5 Å². The van der Waals surface area contributed by atoms with E-state index in [0.29, 0.717) is 11.6 Å². The molecule has 1 saturated carbocycles. The fourth-order valence-electron chi connectivity index (χ4n) is 2.19. The lowest BCUT2D eigenvalue weighted by atomic mass is 10.2. The zero-order chi connectivity index (χ0) is 16.4. The third-order valence-electron chi connectivity index (χ3n) is 3.49. The first kappa shape index (κ1) is 15.3. The maximum Gasteiger partial charge on any atom is 0.387 e. The van der Waals surface area contributed by atoms with Crippen LogP contribution in [0.3, 0.4) is 0 Å². The number of amides is 1. The number of nitrogens with zero attached hydrogens (tertiary/aromatic N) is 1. The Kier molecular flexibility index (Phi) is 4.14. The van der Waals surface area contributed by atoms with Crippen molar-refractivity contribution in [1.82, 2.24) is 10.2 Å². The van der Waals surface area contributed by atoms with Crippen LogP contribution in [0, 0.1) is 0 Å². The lowest BCUT2D eigenvalue weighted by molar-refractivity contribution is -0.0511. The number of anilines is 1. The number of carbonyl (C=O) groups is 1. The molecule has 0 radical (unpaired) electrons. The topological polar surface area (TPSA) is 76.2 Å². The molecule has 1 aromatic heterocycles. The standard InChI is InChI=1S/C15H15F2N3O3/c1-22-12-5-4-9(6-13(12)23-15(16)17)18-14(21)11-7-10(19-20-11)8-2-3-8/h4-8,15H,2-3H2,1H3,(H,18,21)(H,19,20). The average Bonchev–Trinajstić information content (AvgIpc) is 3.24. The van der Waals surface area contributed by atoms with E-state index in [0.717, 1.165) is 18.5 Å². The van der Waals surface area contributed by atoms with Gasteiger partial charge in [0.1, 0.15) is 0 Å². The van der Waals surface area contributed by atoms with Gasteiger partial charge in [-0.2, -0.15) is 13.9 Å². The monoisotopic (exact) mass is 323 g/mol. The molecule has 0 spiro atoms. The molecule has 1 amide bonds. The highest BCUT2D eigenvalue weighted by Gasteiger charge is 2.26. The highest BCUT2D eigenvalue weighted by molar-refractivity contribution is 6.03. The third kappa shape index (κ3) is 3.58. The Labute approximate surface area is 130 Å². The van der Waals surface area contributed by atoms with Gasteiger partial charge in [-0.05, 0) is 31.0 Å². The summed E-state index contributed by atoms with van der Waals surface area (Å²) in [6.45, 7) is -2.98. The van der Waals surface area contributed by atoms with E-state index in [1.54, 1.807) is 6.07 Å². The number of halogens is 2. The molecule has 1 heterocycles. The highest BCUT2D eigenvalue weighted by Crippen LogP contribution is 2.39. The number of nitrogens with one attached hydrogen (secondary N) is 2. The van der Waals surface area contributed by atoms with Crippen molar-refractivity contribution < 1.29 is 23.0 Å². The molecule has 6 nitrogen and oxygen atoms in total. The van der Waals surface area contributed by atoms with Crippen molar-refractivity contribution >= 4 is 11.6 Å². The first-order valence-electron chi connectivity index (χ1n) is 7.06. The number of hydrogen-bond acceptors (Lipinski definition) is 4. The first-order chi connectivity index (χ1) is 11.1. The molecule has 1 aliphatic rings. The molecule has 23 heavy (non-hydrogen) atoms. The lowest BCUT2D eigenvalue weighted by Gasteiger charge is -2.11. The van der Waals surface area contributed by atoms with Crippen LogP contribution in [0.5, 0.6) is 11.5 Å². The third-order valence-corrected chi connectivity index (χ3v) is 3.49. The molecular weight excluding hydrogens is 308 g/mol. The molecule has 122 valence electrons. The Morgan fingerprint density at radius 2 is 2.13 bits per heavy atom. The van der Waals surface area contributed by atoms with Crippen molar-refractivity contribution in [3.63, 3.8) is 0 Å². The maximum absolute atomic E-state index is 12.4. The largest absolute Gasteiger partial charge is 0.493 e. The Bertz CT molecular complexity index is 714. The van der Waals surface area contributed by atoms with E-state index in [-0.39, 0.29) is 17.2 Å². The van der Waals surface area contributed by atoms with Crippen molar-refractivity contribution in [3.05, 3.63) is 35.7 Å². The number of benzene rings is 1. The molecule has 3 rings (SSSR count). The molecule has 1 aliphatic carbocycles. The van der Waals surface area contributed by atoms with Gasteiger partial charge < -0.3 is 14.8 Å². The van der Waals surface area contributed by atoms with Crippen molar-refractivity contribution in [2.24, 2.45) is 0 Å². The van der Waals surface area contributed by atoms with Crippen LogP contribution in [-0.4, -0.2) is 29.8 Å². The van der Waals surface area contributed by atoms with Crippen LogP contribution < -0.4 is 14.8 Å². The van der Waals surface area contributed by atoms with Gasteiger partial charge in [-0.25, -0.2) is 0 Å². The predicted octanol–water partition coefficient (Wildman–Crippen LogP) is 3.15. The van der Waals surface area contributed by atoms with Gasteiger partial charge in [0, 0.05) is 23.4 Å². The zero-order valence-corrected chi connectivity index (χ0v) is 12.3. The number of ether oxygens (including phenoxy) is 2. The summed E-state index contributed by atoms with van der Waals surface area (Å²) in [5.74, 6) is 0.0254. The van der Waals surface area contributed by atoms with Gasteiger partial charge in [-0.15, -0.1) is 0 Å². The Hall–Kier alpha value is -2.64. The highest BCUT2D eigenvalue weighted by atomic mass is 19.3. The van der Waals surface area contributed by atoms with Gasteiger partial charge in [0.25, 0.3) is 5.91 Å². The van der Waals surface area contributed by atoms with Crippen molar-refractivity contribution in [2.45, 2.75) is 25.4 Å². The normalized spacial score (nSPS) is 13.9. The van der Waals surface area contributed by atoms with E-state index in [2.05, 4.69) is 20.3 Å². The van der Waals surface area contributed by atoms with Crippen LogP contribution in [0.25, 0.3) is 0 Å². The summed E-state index contributed by atoms with van der Waals surface area (Å²) in [6, 6.07) is 5.95. The molecule has 0 bridgehead atoms. The summed E-state index contributed by atoms with van der Waals surface area (Å²) < 4.78 is 34.1. The quantitative estimate of drug-likeness (QED) is 0.856. The summed E-state index contributed by atoms with van der Waals surface area (Å²) in [7, 11) is 1.34. The first-order valence-corrected chi connectivity index (χ1v) is 7.06. The predicted molar refractivity (Wildman–Crippen MR) is 78.1 cm³/mol. The molecule has 1 aromatic carbocycles. The number of aromatic amines is 1. The number of alkyl halides is 2. The molecule has 1 fully saturated rings. The minimum atomic E-state index is -2.98. The zero-order valence-electron chi connectivity index (χ0n) is 12.3. The fraction of sp³-hybridized carbons (Fsp3) is 0.333. The van der Waals surface area contributed by atoms with E-state index in [1.807, 2.05) is 0 Å². The molecule has 0 atom stereocenters. The summed E-state index contributed by atoms with van der Waals surface area (Å²) in [5, 5.41) is 9.39. The smallest absolute Gasteiger partial charge is 0.387 e. The average molecular weight is 323 g/mol. The van der Waals surface area contributed by atoms with Gasteiger partial charge in [0.2, 0.25) is 0 Å². The molecule has 8 heteroatoms. The summed E-state index contributed by atoms with van der Waals surface area (Å²) >= 11 is 0. The molecule has 0 aliphatic heterocycles. The molecular formula is C15H15F2N3O3. The molecule has 2 aromatic rings. The van der Waals surface area contributed by atoms with Crippen LogP contribution in [-0.2, 0) is 0 Å². The second kappa shape index (κ2) is 6.23. The maximum atomic E-state index is 12.4.